The van der Waals surface area contributed by atoms with Gasteiger partial charge in [0, 0.05) is 30.6 Å². The zero-order valence-corrected chi connectivity index (χ0v) is 14.9. The molecule has 1 aromatic heterocycles. The van der Waals surface area contributed by atoms with Crippen molar-refractivity contribution in [1.82, 2.24) is 9.88 Å². The fourth-order valence-electron chi connectivity index (χ4n) is 4.51. The number of rotatable bonds is 4. The topological polar surface area (TPSA) is 90.5 Å². The highest BCUT2D eigenvalue weighted by Gasteiger charge is 2.44. The van der Waals surface area contributed by atoms with Crippen LogP contribution in [0.1, 0.15) is 67.6 Å². The zero-order valence-electron chi connectivity index (χ0n) is 14.9. The molecule has 0 saturated heterocycles. The van der Waals surface area contributed by atoms with Crippen molar-refractivity contribution in [1.29, 1.82) is 0 Å². The van der Waals surface area contributed by atoms with Gasteiger partial charge in [-0.3, -0.25) is 9.59 Å². The summed E-state index contributed by atoms with van der Waals surface area (Å²) in [5, 5.41) is 9.15. The molecule has 0 spiro atoms. The summed E-state index contributed by atoms with van der Waals surface area (Å²) in [4.78, 5) is 40.8. The number of nitrogens with zero attached hydrogens (tertiary/aromatic N) is 1. The minimum atomic E-state index is -1.24. The quantitative estimate of drug-likeness (QED) is 0.877. The van der Waals surface area contributed by atoms with Gasteiger partial charge in [-0.25, -0.2) is 4.79 Å². The molecule has 6 nitrogen and oxygen atoms in total. The Morgan fingerprint density at radius 3 is 2.60 bits per heavy atom. The van der Waals surface area contributed by atoms with Gasteiger partial charge in [0.15, 0.2) is 0 Å². The van der Waals surface area contributed by atoms with Gasteiger partial charge in [-0.05, 0) is 36.8 Å². The number of aromatic nitrogens is 1. The second-order valence-electron chi connectivity index (χ2n) is 7.88. The molecule has 0 radical (unpaired) electrons. The number of pyridine rings is 1. The number of carboxylic acids is 1. The average molecular weight is 346 g/mol. The summed E-state index contributed by atoms with van der Waals surface area (Å²) in [6, 6.07) is 1.43. The van der Waals surface area contributed by atoms with Crippen molar-refractivity contribution in [3.05, 3.63) is 33.2 Å². The van der Waals surface area contributed by atoms with Gasteiger partial charge in [-0.1, -0.05) is 26.7 Å². The lowest BCUT2D eigenvalue weighted by molar-refractivity contribution is -0.144. The summed E-state index contributed by atoms with van der Waals surface area (Å²) in [6.07, 6.45) is 5.55. The second-order valence-corrected chi connectivity index (χ2v) is 7.88. The van der Waals surface area contributed by atoms with E-state index < -0.39 is 11.5 Å². The molecule has 2 aliphatic rings. The molecule has 3 rings (SSSR count). The van der Waals surface area contributed by atoms with Gasteiger partial charge in [0.25, 0.3) is 5.56 Å². The van der Waals surface area contributed by atoms with Gasteiger partial charge in [-0.2, -0.15) is 0 Å². The molecule has 6 heteroatoms. The molecule has 1 aliphatic heterocycles. The van der Waals surface area contributed by atoms with Gasteiger partial charge in [0.1, 0.15) is 5.56 Å². The lowest BCUT2D eigenvalue weighted by Crippen LogP contribution is -2.46. The van der Waals surface area contributed by atoms with Crippen LogP contribution in [0, 0.1) is 11.3 Å². The Hall–Kier alpha value is -2.11. The molecule has 1 amide bonds. The third kappa shape index (κ3) is 3.34. The van der Waals surface area contributed by atoms with Crippen LogP contribution in [0.4, 0.5) is 0 Å². The van der Waals surface area contributed by atoms with E-state index in [4.69, 9.17) is 5.11 Å². The van der Waals surface area contributed by atoms with Gasteiger partial charge in [0.05, 0.1) is 0 Å². The number of nitrogens with one attached hydrogen (secondary N) is 1. The minimum Gasteiger partial charge on any atom is -0.477 e. The summed E-state index contributed by atoms with van der Waals surface area (Å²) in [7, 11) is 0. The Balaban J connectivity index is 1.86. The number of carbonyl (C=O) groups excluding carboxylic acids is 1. The smallest absolute Gasteiger partial charge is 0.341 e. The van der Waals surface area contributed by atoms with Gasteiger partial charge in [-0.15, -0.1) is 0 Å². The third-order valence-corrected chi connectivity index (χ3v) is 5.54. The van der Waals surface area contributed by atoms with Crippen LogP contribution in [0.3, 0.4) is 0 Å². The predicted molar refractivity (Wildman–Crippen MR) is 93.5 cm³/mol. The van der Waals surface area contributed by atoms with Crippen LogP contribution in [0.25, 0.3) is 0 Å². The number of amides is 1. The number of carbonyl (C=O) groups is 2. The highest BCUT2D eigenvalue weighted by Crippen LogP contribution is 2.45. The van der Waals surface area contributed by atoms with Gasteiger partial charge < -0.3 is 15.0 Å². The molecule has 25 heavy (non-hydrogen) atoms. The van der Waals surface area contributed by atoms with E-state index in [1.807, 2.05) is 4.90 Å². The Labute approximate surface area is 147 Å². The van der Waals surface area contributed by atoms with Gasteiger partial charge in [0.2, 0.25) is 5.91 Å². The van der Waals surface area contributed by atoms with Crippen LogP contribution in [0.15, 0.2) is 10.9 Å². The van der Waals surface area contributed by atoms with E-state index in [0.717, 1.165) is 43.4 Å². The minimum absolute atomic E-state index is 0.201. The van der Waals surface area contributed by atoms with Crippen molar-refractivity contribution in [3.63, 3.8) is 0 Å². The molecule has 2 heterocycles. The monoisotopic (exact) mass is 346 g/mol. The van der Waals surface area contributed by atoms with Crippen molar-refractivity contribution in [2.75, 3.05) is 6.54 Å². The molecule has 1 saturated carbocycles. The fraction of sp³-hybridized carbons (Fsp3) is 0.632. The van der Waals surface area contributed by atoms with Crippen molar-refractivity contribution in [2.45, 2.75) is 58.9 Å². The highest BCUT2D eigenvalue weighted by molar-refractivity contribution is 5.87. The lowest BCUT2D eigenvalue weighted by Gasteiger charge is -2.38. The molecule has 0 unspecified atom stereocenters. The molecule has 1 aliphatic carbocycles. The maximum atomic E-state index is 13.3. The number of H-pyrrole nitrogens is 1. The van der Waals surface area contributed by atoms with Crippen molar-refractivity contribution >= 4 is 11.9 Å². The molecule has 1 fully saturated rings. The SMILES string of the molecule is CC(C)CC1(C(=O)N2CCc3[nH]c(=O)c(C(=O)O)cc3C2)CCCC1. The number of aromatic amines is 1. The maximum Gasteiger partial charge on any atom is 0.341 e. The van der Waals surface area contributed by atoms with Crippen molar-refractivity contribution in [2.24, 2.45) is 11.3 Å². The van der Waals surface area contributed by atoms with Crippen LogP contribution in [0.2, 0.25) is 0 Å². The molecule has 1 aromatic rings. The van der Waals surface area contributed by atoms with E-state index in [-0.39, 0.29) is 16.9 Å². The van der Waals surface area contributed by atoms with E-state index in [1.165, 1.54) is 6.07 Å². The number of hydrogen-bond donors (Lipinski definition) is 2. The van der Waals surface area contributed by atoms with Gasteiger partial charge >= 0.3 is 5.97 Å². The van der Waals surface area contributed by atoms with Crippen LogP contribution < -0.4 is 5.56 Å². The Morgan fingerprint density at radius 2 is 2.00 bits per heavy atom. The molecule has 2 N–H and O–H groups in total. The predicted octanol–water partition coefficient (Wildman–Crippen LogP) is 2.56. The summed E-state index contributed by atoms with van der Waals surface area (Å²) in [5.74, 6) is -0.568. The molecule has 0 atom stereocenters. The standard InChI is InChI=1S/C19H26N2O4/c1-12(2)10-19(6-3-4-7-19)18(25)21-8-5-15-13(11-21)9-14(17(23)24)16(22)20-15/h9,12H,3-8,10-11H2,1-2H3,(H,20,22)(H,23,24). The average Bonchev–Trinajstić information content (AvgIpc) is 3.01. The van der Waals surface area contributed by atoms with E-state index in [0.29, 0.717) is 25.4 Å². The Kier molecular flexibility index (Phi) is 4.71. The molecule has 0 bridgehead atoms. The van der Waals surface area contributed by atoms with Crippen LogP contribution in [-0.2, 0) is 17.8 Å². The molecule has 0 aromatic carbocycles. The number of carboxylic acid groups (broad SMARTS) is 1. The summed E-state index contributed by atoms with van der Waals surface area (Å²) in [6.45, 7) is 5.27. The first-order valence-electron chi connectivity index (χ1n) is 9.10. The second kappa shape index (κ2) is 6.65. The summed E-state index contributed by atoms with van der Waals surface area (Å²) in [5.41, 5.74) is 0.408. The fourth-order valence-corrected chi connectivity index (χ4v) is 4.51. The molecule has 136 valence electrons. The highest BCUT2D eigenvalue weighted by atomic mass is 16.4. The van der Waals surface area contributed by atoms with Crippen molar-refractivity contribution in [3.8, 4) is 0 Å². The molecular weight excluding hydrogens is 320 g/mol. The number of fused-ring (bicyclic) bond motifs is 1. The largest absolute Gasteiger partial charge is 0.477 e. The summed E-state index contributed by atoms with van der Waals surface area (Å²) >= 11 is 0. The third-order valence-electron chi connectivity index (χ3n) is 5.54. The van der Waals surface area contributed by atoms with Crippen LogP contribution in [-0.4, -0.2) is 33.4 Å². The molecular formula is C19H26N2O4. The van der Waals surface area contributed by atoms with Crippen molar-refractivity contribution < 1.29 is 14.7 Å². The van der Waals surface area contributed by atoms with E-state index in [1.54, 1.807) is 0 Å². The van der Waals surface area contributed by atoms with Crippen LogP contribution >= 0.6 is 0 Å². The van der Waals surface area contributed by atoms with Crippen LogP contribution in [0.5, 0.6) is 0 Å². The van der Waals surface area contributed by atoms with E-state index in [2.05, 4.69) is 18.8 Å². The zero-order chi connectivity index (χ0) is 18.2. The first-order valence-corrected chi connectivity index (χ1v) is 9.10. The Morgan fingerprint density at radius 1 is 1.32 bits per heavy atom. The normalized spacial score (nSPS) is 19.1. The first-order chi connectivity index (χ1) is 11.8. The lowest BCUT2D eigenvalue weighted by atomic mass is 9.77. The van der Waals surface area contributed by atoms with E-state index in [9.17, 15) is 14.4 Å². The Bertz CT molecular complexity index is 744. The first kappa shape index (κ1) is 17.7. The van der Waals surface area contributed by atoms with E-state index >= 15 is 0 Å². The number of hydrogen-bond acceptors (Lipinski definition) is 3. The maximum absolute atomic E-state index is 13.3. The summed E-state index contributed by atoms with van der Waals surface area (Å²) < 4.78 is 0. The number of aromatic carboxylic acids is 1.